The zero-order valence-electron chi connectivity index (χ0n) is 14.7. The average Bonchev–Trinajstić information content (AvgIpc) is 2.71. The van der Waals surface area contributed by atoms with Gasteiger partial charge in [0, 0.05) is 25.6 Å². The number of nitrogens with zero attached hydrogens (tertiary/aromatic N) is 3. The average molecular weight is 349 g/mol. The van der Waals surface area contributed by atoms with Crippen LogP contribution in [-0.2, 0) is 12.8 Å². The molecule has 0 saturated carbocycles. The normalized spacial score (nSPS) is 10.8. The Kier molecular flexibility index (Phi) is 6.41. The van der Waals surface area contributed by atoms with Crippen LogP contribution in [0, 0.1) is 0 Å². The maximum absolute atomic E-state index is 8.91. The highest BCUT2D eigenvalue weighted by molar-refractivity contribution is 5.61. The molecule has 0 unspecified atom stereocenters. The van der Waals surface area contributed by atoms with Crippen molar-refractivity contribution in [2.75, 3.05) is 13.2 Å². The summed E-state index contributed by atoms with van der Waals surface area (Å²) in [6, 6.07) is 13.8. The van der Waals surface area contributed by atoms with Gasteiger partial charge in [-0.3, -0.25) is 9.97 Å². The standard InChI is InChI=1S/C21H23N3O2/c25-12-2-4-16-8-10-18(22-14-16)20-6-1-7-21(24-20)19-11-9-17(15-23-19)5-3-13-26/h1,6-11,14-15,25-26H,2-5,12-13H2. The molecule has 0 aliphatic carbocycles. The molecule has 0 bridgehead atoms. The van der Waals surface area contributed by atoms with Crippen molar-refractivity contribution in [3.05, 3.63) is 66.0 Å². The molecule has 0 aliphatic heterocycles. The van der Waals surface area contributed by atoms with E-state index in [-0.39, 0.29) is 13.2 Å². The highest BCUT2D eigenvalue weighted by Gasteiger charge is 2.06. The molecule has 0 amide bonds. The van der Waals surface area contributed by atoms with Crippen LogP contribution in [0.1, 0.15) is 24.0 Å². The zero-order valence-corrected chi connectivity index (χ0v) is 14.7. The van der Waals surface area contributed by atoms with E-state index in [1.165, 1.54) is 0 Å². The number of rotatable bonds is 8. The quantitative estimate of drug-likeness (QED) is 0.653. The van der Waals surface area contributed by atoms with Crippen LogP contribution in [0.25, 0.3) is 22.8 Å². The smallest absolute Gasteiger partial charge is 0.0894 e. The molecule has 2 N–H and O–H groups in total. The zero-order chi connectivity index (χ0) is 18.2. The number of aliphatic hydroxyl groups is 2. The van der Waals surface area contributed by atoms with Crippen LogP contribution in [0.4, 0.5) is 0 Å². The maximum Gasteiger partial charge on any atom is 0.0894 e. The minimum atomic E-state index is 0.192. The molecule has 3 aromatic rings. The summed E-state index contributed by atoms with van der Waals surface area (Å²) < 4.78 is 0. The Morgan fingerprint density at radius 2 is 1.12 bits per heavy atom. The number of aromatic nitrogens is 3. The Balaban J connectivity index is 1.77. The summed E-state index contributed by atoms with van der Waals surface area (Å²) in [6.07, 6.45) is 6.82. The lowest BCUT2D eigenvalue weighted by Gasteiger charge is -2.06. The second-order valence-corrected chi connectivity index (χ2v) is 6.17. The Morgan fingerprint density at radius 3 is 1.50 bits per heavy atom. The van der Waals surface area contributed by atoms with Gasteiger partial charge in [-0.25, -0.2) is 4.98 Å². The SMILES string of the molecule is OCCCc1ccc(-c2cccc(-c3ccc(CCCO)cn3)n2)nc1. The number of hydrogen-bond donors (Lipinski definition) is 2. The van der Waals surface area contributed by atoms with Gasteiger partial charge in [0.1, 0.15) is 0 Å². The molecule has 26 heavy (non-hydrogen) atoms. The maximum atomic E-state index is 8.91. The molecule has 5 nitrogen and oxygen atoms in total. The molecule has 0 atom stereocenters. The third kappa shape index (κ3) is 4.71. The molecule has 3 heterocycles. The first-order chi connectivity index (χ1) is 12.8. The number of aliphatic hydroxyl groups excluding tert-OH is 2. The van der Waals surface area contributed by atoms with E-state index >= 15 is 0 Å². The van der Waals surface area contributed by atoms with Crippen molar-refractivity contribution in [2.45, 2.75) is 25.7 Å². The van der Waals surface area contributed by atoms with E-state index < -0.39 is 0 Å². The predicted octanol–water partition coefficient (Wildman–Crippen LogP) is 3.06. The second-order valence-electron chi connectivity index (χ2n) is 6.17. The van der Waals surface area contributed by atoms with E-state index in [0.717, 1.165) is 59.6 Å². The Labute approximate surface area is 153 Å². The summed E-state index contributed by atoms with van der Waals surface area (Å²) in [7, 11) is 0. The van der Waals surface area contributed by atoms with Gasteiger partial charge in [0.25, 0.3) is 0 Å². The van der Waals surface area contributed by atoms with E-state index in [0.29, 0.717) is 0 Å². The Hall–Kier alpha value is -2.63. The lowest BCUT2D eigenvalue weighted by molar-refractivity contribution is 0.288. The van der Waals surface area contributed by atoms with E-state index in [1.54, 1.807) is 0 Å². The van der Waals surface area contributed by atoms with Gasteiger partial charge in [0.2, 0.25) is 0 Å². The molecule has 5 heteroatoms. The Bertz CT molecular complexity index is 751. The number of hydrogen-bond acceptors (Lipinski definition) is 5. The first-order valence-corrected chi connectivity index (χ1v) is 8.89. The highest BCUT2D eigenvalue weighted by Crippen LogP contribution is 2.21. The number of pyridine rings is 3. The summed E-state index contributed by atoms with van der Waals surface area (Å²) in [5.41, 5.74) is 5.47. The predicted molar refractivity (Wildman–Crippen MR) is 102 cm³/mol. The van der Waals surface area contributed by atoms with Gasteiger partial charge in [0.05, 0.1) is 22.8 Å². The van der Waals surface area contributed by atoms with Crippen LogP contribution >= 0.6 is 0 Å². The van der Waals surface area contributed by atoms with Crippen molar-refractivity contribution in [3.63, 3.8) is 0 Å². The van der Waals surface area contributed by atoms with Crippen molar-refractivity contribution in [1.29, 1.82) is 0 Å². The van der Waals surface area contributed by atoms with Crippen LogP contribution in [-0.4, -0.2) is 38.4 Å². The van der Waals surface area contributed by atoms with Crippen LogP contribution in [0.3, 0.4) is 0 Å². The lowest BCUT2D eigenvalue weighted by atomic mass is 10.1. The van der Waals surface area contributed by atoms with Gasteiger partial charge in [-0.1, -0.05) is 18.2 Å². The van der Waals surface area contributed by atoms with E-state index in [4.69, 9.17) is 15.2 Å². The molecule has 134 valence electrons. The van der Waals surface area contributed by atoms with Gasteiger partial charge in [-0.15, -0.1) is 0 Å². The van der Waals surface area contributed by atoms with E-state index in [1.807, 2.05) is 54.9 Å². The molecule has 0 spiro atoms. The molecule has 0 saturated heterocycles. The largest absolute Gasteiger partial charge is 0.396 e. The topological polar surface area (TPSA) is 79.1 Å². The van der Waals surface area contributed by atoms with Crippen molar-refractivity contribution in [1.82, 2.24) is 15.0 Å². The molecule has 0 aromatic carbocycles. The van der Waals surface area contributed by atoms with Crippen molar-refractivity contribution < 1.29 is 10.2 Å². The van der Waals surface area contributed by atoms with Crippen LogP contribution < -0.4 is 0 Å². The lowest BCUT2D eigenvalue weighted by Crippen LogP contribution is -1.95. The molecule has 0 fully saturated rings. The van der Waals surface area contributed by atoms with Gasteiger partial charge < -0.3 is 10.2 Å². The fourth-order valence-corrected chi connectivity index (χ4v) is 2.73. The van der Waals surface area contributed by atoms with Crippen LogP contribution in [0.5, 0.6) is 0 Å². The summed E-state index contributed by atoms with van der Waals surface area (Å²) in [5.74, 6) is 0. The van der Waals surface area contributed by atoms with Crippen LogP contribution in [0.2, 0.25) is 0 Å². The minimum absolute atomic E-state index is 0.192. The molecule has 3 aromatic heterocycles. The summed E-state index contributed by atoms with van der Waals surface area (Å²) >= 11 is 0. The molecule has 3 rings (SSSR count). The fourth-order valence-electron chi connectivity index (χ4n) is 2.73. The molecule has 0 radical (unpaired) electrons. The van der Waals surface area contributed by atoms with Gasteiger partial charge in [-0.05, 0) is 61.1 Å². The number of aryl methyl sites for hydroxylation is 2. The van der Waals surface area contributed by atoms with Gasteiger partial charge in [-0.2, -0.15) is 0 Å². The van der Waals surface area contributed by atoms with Crippen LogP contribution in [0.15, 0.2) is 54.9 Å². The molecular weight excluding hydrogens is 326 g/mol. The minimum Gasteiger partial charge on any atom is -0.396 e. The molecule has 0 aliphatic rings. The van der Waals surface area contributed by atoms with E-state index in [9.17, 15) is 0 Å². The van der Waals surface area contributed by atoms with Crippen molar-refractivity contribution in [2.24, 2.45) is 0 Å². The third-order valence-corrected chi connectivity index (χ3v) is 4.17. The Morgan fingerprint density at radius 1 is 0.615 bits per heavy atom. The first-order valence-electron chi connectivity index (χ1n) is 8.89. The van der Waals surface area contributed by atoms with Gasteiger partial charge in [0.15, 0.2) is 0 Å². The van der Waals surface area contributed by atoms with E-state index in [2.05, 4.69) is 9.97 Å². The monoisotopic (exact) mass is 349 g/mol. The van der Waals surface area contributed by atoms with Crippen molar-refractivity contribution >= 4 is 0 Å². The first kappa shape index (κ1) is 18.2. The fraction of sp³-hybridized carbons (Fsp3) is 0.286. The summed E-state index contributed by atoms with van der Waals surface area (Å²) in [5, 5.41) is 17.8. The molecular formula is C21H23N3O2. The van der Waals surface area contributed by atoms with Gasteiger partial charge >= 0.3 is 0 Å². The van der Waals surface area contributed by atoms with Crippen molar-refractivity contribution in [3.8, 4) is 22.8 Å². The second kappa shape index (κ2) is 9.17. The summed E-state index contributed by atoms with van der Waals surface area (Å²) in [6.45, 7) is 0.383. The highest BCUT2D eigenvalue weighted by atomic mass is 16.3. The third-order valence-electron chi connectivity index (χ3n) is 4.17. The summed E-state index contributed by atoms with van der Waals surface area (Å²) in [4.78, 5) is 13.7.